The number of carbonyl (C=O) groups is 1. The number of nitrogens with one attached hydrogen (secondary N) is 1. The van der Waals surface area contributed by atoms with Gasteiger partial charge in [0.05, 0.1) is 19.8 Å². The molecule has 0 aliphatic rings. The van der Waals surface area contributed by atoms with Crippen LogP contribution in [0.1, 0.15) is 30.1 Å². The average Bonchev–Trinajstić information content (AvgIpc) is 2.95. The second-order valence-electron chi connectivity index (χ2n) is 4.32. The highest BCUT2D eigenvalue weighted by atomic mass is 16.5. The Morgan fingerprint density at radius 2 is 1.95 bits per heavy atom. The SMILES string of the molecule is CCOCCN(CCOCC)Cc1cc(C(=O)NN)no1. The van der Waals surface area contributed by atoms with Crippen LogP contribution in [0.25, 0.3) is 0 Å². The van der Waals surface area contributed by atoms with Gasteiger partial charge in [0, 0.05) is 32.4 Å². The van der Waals surface area contributed by atoms with Crippen LogP contribution >= 0.6 is 0 Å². The van der Waals surface area contributed by atoms with E-state index in [9.17, 15) is 4.79 Å². The molecule has 1 aromatic rings. The topological polar surface area (TPSA) is 103 Å². The van der Waals surface area contributed by atoms with Crippen LogP contribution in [0.2, 0.25) is 0 Å². The molecule has 0 radical (unpaired) electrons. The van der Waals surface area contributed by atoms with Gasteiger partial charge in [0.1, 0.15) is 0 Å². The van der Waals surface area contributed by atoms with Crippen LogP contribution in [0.4, 0.5) is 0 Å². The summed E-state index contributed by atoms with van der Waals surface area (Å²) in [6.07, 6.45) is 0. The predicted octanol–water partition coefficient (Wildman–Crippen LogP) is 0.153. The fraction of sp³-hybridized carbons (Fsp3) is 0.692. The summed E-state index contributed by atoms with van der Waals surface area (Å²) < 4.78 is 15.9. The number of hydrazine groups is 1. The number of amides is 1. The first-order valence-corrected chi connectivity index (χ1v) is 7.05. The van der Waals surface area contributed by atoms with E-state index in [4.69, 9.17) is 19.8 Å². The van der Waals surface area contributed by atoms with E-state index in [0.717, 1.165) is 13.1 Å². The molecule has 0 bridgehead atoms. The zero-order valence-corrected chi connectivity index (χ0v) is 12.6. The molecular weight excluding hydrogens is 276 g/mol. The molecule has 0 aromatic carbocycles. The Kier molecular flexibility index (Phi) is 8.60. The monoisotopic (exact) mass is 300 g/mol. The maximum absolute atomic E-state index is 11.3. The number of ether oxygens (including phenoxy) is 2. The van der Waals surface area contributed by atoms with Crippen LogP contribution in [0, 0.1) is 0 Å². The lowest BCUT2D eigenvalue weighted by Crippen LogP contribution is -2.31. The Morgan fingerprint density at radius 3 is 2.48 bits per heavy atom. The Balaban J connectivity index is 2.52. The lowest BCUT2D eigenvalue weighted by atomic mass is 10.3. The van der Waals surface area contributed by atoms with Crippen molar-refractivity contribution in [2.24, 2.45) is 5.84 Å². The van der Waals surface area contributed by atoms with Crippen molar-refractivity contribution in [2.45, 2.75) is 20.4 Å². The van der Waals surface area contributed by atoms with Crippen LogP contribution in [0.3, 0.4) is 0 Å². The van der Waals surface area contributed by atoms with Crippen molar-refractivity contribution in [1.29, 1.82) is 0 Å². The number of nitrogens with two attached hydrogens (primary N) is 1. The van der Waals surface area contributed by atoms with E-state index >= 15 is 0 Å². The summed E-state index contributed by atoms with van der Waals surface area (Å²) in [6.45, 7) is 8.58. The van der Waals surface area contributed by atoms with Gasteiger partial charge in [0.15, 0.2) is 11.5 Å². The molecule has 21 heavy (non-hydrogen) atoms. The number of carbonyl (C=O) groups excluding carboxylic acids is 1. The van der Waals surface area contributed by atoms with Crippen molar-refractivity contribution in [1.82, 2.24) is 15.5 Å². The number of hydrogen-bond donors (Lipinski definition) is 2. The summed E-state index contributed by atoms with van der Waals surface area (Å²) in [5, 5.41) is 3.68. The normalized spacial score (nSPS) is 11.0. The minimum atomic E-state index is -0.472. The highest BCUT2D eigenvalue weighted by molar-refractivity contribution is 5.91. The summed E-state index contributed by atoms with van der Waals surface area (Å²) in [5.74, 6) is 5.18. The van der Waals surface area contributed by atoms with E-state index in [-0.39, 0.29) is 5.69 Å². The fourth-order valence-electron chi connectivity index (χ4n) is 1.73. The lowest BCUT2D eigenvalue weighted by Gasteiger charge is -2.20. The molecule has 1 aromatic heterocycles. The molecule has 1 heterocycles. The van der Waals surface area contributed by atoms with Gasteiger partial charge >= 0.3 is 0 Å². The van der Waals surface area contributed by atoms with Crippen molar-refractivity contribution in [3.8, 4) is 0 Å². The van der Waals surface area contributed by atoms with Crippen LogP contribution in [0.5, 0.6) is 0 Å². The molecule has 0 fully saturated rings. The molecular formula is C13H24N4O4. The van der Waals surface area contributed by atoms with Crippen LogP contribution in [-0.2, 0) is 16.0 Å². The first-order valence-electron chi connectivity index (χ1n) is 7.05. The van der Waals surface area contributed by atoms with Crippen molar-refractivity contribution >= 4 is 5.91 Å². The van der Waals surface area contributed by atoms with E-state index in [0.29, 0.717) is 38.7 Å². The molecule has 0 spiro atoms. The maximum atomic E-state index is 11.3. The second-order valence-corrected chi connectivity index (χ2v) is 4.32. The van der Waals surface area contributed by atoms with Gasteiger partial charge in [-0.25, -0.2) is 5.84 Å². The summed E-state index contributed by atoms with van der Waals surface area (Å²) in [5.41, 5.74) is 2.19. The zero-order chi connectivity index (χ0) is 15.5. The number of rotatable bonds is 11. The van der Waals surface area contributed by atoms with Gasteiger partial charge in [-0.3, -0.25) is 15.1 Å². The Labute approximate surface area is 124 Å². The summed E-state index contributed by atoms with van der Waals surface area (Å²) >= 11 is 0. The van der Waals surface area contributed by atoms with Crippen LogP contribution in [0.15, 0.2) is 10.6 Å². The lowest BCUT2D eigenvalue weighted by molar-refractivity contribution is 0.0758. The van der Waals surface area contributed by atoms with Gasteiger partial charge in [0.2, 0.25) is 0 Å². The second kappa shape index (κ2) is 10.3. The minimum Gasteiger partial charge on any atom is -0.380 e. The smallest absolute Gasteiger partial charge is 0.287 e. The van der Waals surface area contributed by atoms with E-state index in [1.807, 2.05) is 19.3 Å². The molecule has 8 nitrogen and oxygen atoms in total. The maximum Gasteiger partial charge on any atom is 0.287 e. The van der Waals surface area contributed by atoms with Gasteiger partial charge in [-0.15, -0.1) is 0 Å². The van der Waals surface area contributed by atoms with Crippen molar-refractivity contribution in [3.63, 3.8) is 0 Å². The molecule has 8 heteroatoms. The van der Waals surface area contributed by atoms with Crippen LogP contribution < -0.4 is 11.3 Å². The van der Waals surface area contributed by atoms with Gasteiger partial charge in [-0.2, -0.15) is 0 Å². The summed E-state index contributed by atoms with van der Waals surface area (Å²) in [7, 11) is 0. The average molecular weight is 300 g/mol. The van der Waals surface area contributed by atoms with Gasteiger partial charge < -0.3 is 14.0 Å². The quantitative estimate of drug-likeness (QED) is 0.259. The largest absolute Gasteiger partial charge is 0.380 e. The Bertz CT molecular complexity index is 401. The number of nitrogens with zero attached hydrogens (tertiary/aromatic N) is 2. The third kappa shape index (κ3) is 6.67. The standard InChI is InChI=1S/C13H24N4O4/c1-3-19-7-5-17(6-8-20-4-2)10-11-9-12(16-21-11)13(18)15-14/h9H,3-8,10,14H2,1-2H3,(H,15,18). The van der Waals surface area contributed by atoms with E-state index < -0.39 is 5.91 Å². The van der Waals surface area contributed by atoms with Crippen LogP contribution in [-0.4, -0.2) is 55.5 Å². The third-order valence-corrected chi connectivity index (χ3v) is 2.81. The predicted molar refractivity (Wildman–Crippen MR) is 76.4 cm³/mol. The zero-order valence-electron chi connectivity index (χ0n) is 12.6. The number of aromatic nitrogens is 1. The third-order valence-electron chi connectivity index (χ3n) is 2.81. The van der Waals surface area contributed by atoms with E-state index in [1.165, 1.54) is 0 Å². The van der Waals surface area contributed by atoms with Crippen molar-refractivity contribution < 1.29 is 18.8 Å². The fourth-order valence-corrected chi connectivity index (χ4v) is 1.73. The first-order chi connectivity index (χ1) is 10.2. The highest BCUT2D eigenvalue weighted by Crippen LogP contribution is 2.07. The highest BCUT2D eigenvalue weighted by Gasteiger charge is 2.14. The van der Waals surface area contributed by atoms with Gasteiger partial charge in [0.25, 0.3) is 5.91 Å². The Morgan fingerprint density at radius 1 is 1.33 bits per heavy atom. The molecule has 120 valence electrons. The van der Waals surface area contributed by atoms with Crippen molar-refractivity contribution in [3.05, 3.63) is 17.5 Å². The van der Waals surface area contributed by atoms with Crippen molar-refractivity contribution in [2.75, 3.05) is 39.5 Å². The molecule has 1 rings (SSSR count). The molecule has 0 atom stereocenters. The van der Waals surface area contributed by atoms with E-state index in [1.54, 1.807) is 6.07 Å². The minimum absolute atomic E-state index is 0.169. The molecule has 0 saturated carbocycles. The van der Waals surface area contributed by atoms with Gasteiger partial charge in [-0.1, -0.05) is 5.16 Å². The first kappa shape index (κ1) is 17.6. The van der Waals surface area contributed by atoms with Gasteiger partial charge in [-0.05, 0) is 13.8 Å². The summed E-state index contributed by atoms with van der Waals surface area (Å²) in [4.78, 5) is 13.4. The molecule has 1 amide bonds. The summed E-state index contributed by atoms with van der Waals surface area (Å²) in [6, 6.07) is 1.58. The molecule has 0 saturated heterocycles. The molecule has 3 N–H and O–H groups in total. The molecule has 0 aliphatic heterocycles. The van der Waals surface area contributed by atoms with E-state index in [2.05, 4.69) is 10.1 Å². The molecule has 0 unspecified atom stereocenters. The number of hydrogen-bond acceptors (Lipinski definition) is 7. The molecule has 0 aliphatic carbocycles. The number of nitrogen functional groups attached to an aromatic ring is 1. The Hall–Kier alpha value is -1.48.